The van der Waals surface area contributed by atoms with E-state index in [0.29, 0.717) is 0 Å². The molecule has 0 unspecified atom stereocenters. The van der Waals surface area contributed by atoms with Crippen LogP contribution in [0, 0.1) is 6.92 Å². The van der Waals surface area contributed by atoms with E-state index in [9.17, 15) is 4.79 Å². The van der Waals surface area contributed by atoms with Crippen molar-refractivity contribution in [2.45, 2.75) is 20.8 Å². The highest BCUT2D eigenvalue weighted by Crippen LogP contribution is 2.12. The number of pyridine rings is 1. The first-order valence-electron chi connectivity index (χ1n) is 4.86. The van der Waals surface area contributed by atoms with Gasteiger partial charge in [-0.25, -0.2) is 0 Å². The predicted molar refractivity (Wildman–Crippen MR) is 62.8 cm³/mol. The molecule has 0 atom stereocenters. The summed E-state index contributed by atoms with van der Waals surface area (Å²) in [6.45, 7) is 5.94. The van der Waals surface area contributed by atoms with Gasteiger partial charge in [-0.3, -0.25) is 4.79 Å². The van der Waals surface area contributed by atoms with Crippen molar-refractivity contribution >= 4 is 10.9 Å². The second-order valence-corrected chi connectivity index (χ2v) is 2.86. The largest absolute Gasteiger partial charge is 0.322 e. The fourth-order valence-electron chi connectivity index (χ4n) is 1.38. The second-order valence-electron chi connectivity index (χ2n) is 2.86. The number of hydrogen-bond acceptors (Lipinski definition) is 1. The van der Waals surface area contributed by atoms with Crippen molar-refractivity contribution in [3.63, 3.8) is 0 Å². The van der Waals surface area contributed by atoms with Gasteiger partial charge in [-0.15, -0.1) is 0 Å². The van der Waals surface area contributed by atoms with Crippen molar-refractivity contribution < 1.29 is 1.43 Å². The van der Waals surface area contributed by atoms with Crippen molar-refractivity contribution in [1.29, 1.82) is 0 Å². The quantitative estimate of drug-likeness (QED) is 0.682. The van der Waals surface area contributed by atoms with Crippen LogP contribution in [0.4, 0.5) is 0 Å². The molecule has 2 nitrogen and oxygen atoms in total. The Kier molecular flexibility index (Phi) is 3.46. The molecule has 76 valence electrons. The number of hydrogen-bond donors (Lipinski definition) is 1. The summed E-state index contributed by atoms with van der Waals surface area (Å²) < 4.78 is 0. The zero-order valence-electron chi connectivity index (χ0n) is 8.79. The Morgan fingerprint density at radius 3 is 2.57 bits per heavy atom. The van der Waals surface area contributed by atoms with Crippen LogP contribution < -0.4 is 5.56 Å². The molecule has 1 aromatic carbocycles. The SMILES string of the molecule is CC.Cc1cc(=O)[nH]c2ccccc12.[HH]. The third-order valence-electron chi connectivity index (χ3n) is 1.96. The van der Waals surface area contributed by atoms with E-state index in [1.165, 1.54) is 0 Å². The van der Waals surface area contributed by atoms with Gasteiger partial charge >= 0.3 is 0 Å². The number of benzene rings is 1. The van der Waals surface area contributed by atoms with Gasteiger partial charge in [0.25, 0.3) is 0 Å². The van der Waals surface area contributed by atoms with Gasteiger partial charge in [-0.05, 0) is 18.6 Å². The van der Waals surface area contributed by atoms with Crippen molar-refractivity contribution in [3.8, 4) is 0 Å². The molecule has 0 amide bonds. The van der Waals surface area contributed by atoms with Crippen molar-refractivity contribution in [2.75, 3.05) is 0 Å². The summed E-state index contributed by atoms with van der Waals surface area (Å²) in [5.74, 6) is 0. The van der Waals surface area contributed by atoms with Crippen LogP contribution in [-0.2, 0) is 0 Å². The lowest BCUT2D eigenvalue weighted by atomic mass is 10.1. The lowest BCUT2D eigenvalue weighted by Gasteiger charge is -1.98. The average Bonchev–Trinajstić information content (AvgIpc) is 2.20. The molecule has 0 bridgehead atoms. The van der Waals surface area contributed by atoms with Gasteiger partial charge < -0.3 is 4.98 Å². The number of aromatic nitrogens is 1. The van der Waals surface area contributed by atoms with Crippen LogP contribution in [0.5, 0.6) is 0 Å². The second kappa shape index (κ2) is 4.61. The zero-order valence-corrected chi connectivity index (χ0v) is 8.79. The topological polar surface area (TPSA) is 32.9 Å². The molecule has 0 aliphatic heterocycles. The molecule has 0 radical (unpaired) electrons. The van der Waals surface area contributed by atoms with E-state index in [0.717, 1.165) is 16.5 Å². The van der Waals surface area contributed by atoms with Crippen molar-refractivity contribution in [3.05, 3.63) is 46.2 Å². The maximum absolute atomic E-state index is 11.0. The molecule has 1 N–H and O–H groups in total. The third-order valence-corrected chi connectivity index (χ3v) is 1.96. The van der Waals surface area contributed by atoms with Crippen LogP contribution in [0.2, 0.25) is 0 Å². The summed E-state index contributed by atoms with van der Waals surface area (Å²) in [6.07, 6.45) is 0. The molecule has 0 fully saturated rings. The maximum Gasteiger partial charge on any atom is 0.248 e. The third kappa shape index (κ3) is 2.02. The van der Waals surface area contributed by atoms with Gasteiger partial charge in [0.2, 0.25) is 5.56 Å². The lowest BCUT2D eigenvalue weighted by molar-refractivity contribution is 1.28. The number of aromatic amines is 1. The molecule has 1 aromatic heterocycles. The molecule has 0 saturated heterocycles. The smallest absolute Gasteiger partial charge is 0.248 e. The standard InChI is InChI=1S/C10H9NO.C2H6.H2/c1-7-6-10(12)11-9-5-3-2-4-8(7)9;1-2;/h2-6H,1H3,(H,11,12);1-2H3;1H. The Labute approximate surface area is 85.1 Å². The summed E-state index contributed by atoms with van der Waals surface area (Å²) in [4.78, 5) is 13.8. The van der Waals surface area contributed by atoms with Gasteiger partial charge in [-0.1, -0.05) is 32.0 Å². The number of aryl methyl sites for hydroxylation is 1. The summed E-state index contributed by atoms with van der Waals surface area (Å²) in [5.41, 5.74) is 1.89. The summed E-state index contributed by atoms with van der Waals surface area (Å²) >= 11 is 0. The minimum atomic E-state index is -0.0359. The van der Waals surface area contributed by atoms with E-state index in [4.69, 9.17) is 0 Å². The molecule has 2 aromatic rings. The molecule has 1 heterocycles. The number of rotatable bonds is 0. The Balaban J connectivity index is 0.000000617. The minimum absolute atomic E-state index is 0. The van der Waals surface area contributed by atoms with Gasteiger partial charge in [0.15, 0.2) is 0 Å². The average molecular weight is 191 g/mol. The number of nitrogens with one attached hydrogen (secondary N) is 1. The normalized spacial score (nSPS) is 9.36. The Morgan fingerprint density at radius 2 is 1.86 bits per heavy atom. The zero-order chi connectivity index (χ0) is 10.6. The van der Waals surface area contributed by atoms with E-state index in [2.05, 4.69) is 4.98 Å². The molecule has 2 heteroatoms. The minimum Gasteiger partial charge on any atom is -0.322 e. The van der Waals surface area contributed by atoms with Crippen LogP contribution in [0.3, 0.4) is 0 Å². The highest BCUT2D eigenvalue weighted by atomic mass is 16.1. The predicted octanol–water partition coefficient (Wildman–Crippen LogP) is 3.11. The van der Waals surface area contributed by atoms with Gasteiger partial charge in [-0.2, -0.15) is 0 Å². The van der Waals surface area contributed by atoms with Crippen LogP contribution in [-0.4, -0.2) is 4.98 Å². The first kappa shape index (κ1) is 10.5. The molecule has 0 aliphatic rings. The Morgan fingerprint density at radius 1 is 1.21 bits per heavy atom. The van der Waals surface area contributed by atoms with E-state index < -0.39 is 0 Å². The molecule has 0 aliphatic carbocycles. The highest BCUT2D eigenvalue weighted by molar-refractivity contribution is 5.81. The van der Waals surface area contributed by atoms with Gasteiger partial charge in [0, 0.05) is 18.4 Å². The highest BCUT2D eigenvalue weighted by Gasteiger charge is 1.96. The monoisotopic (exact) mass is 191 g/mol. The number of para-hydroxylation sites is 1. The molecule has 2 rings (SSSR count). The Hall–Kier alpha value is -1.57. The fraction of sp³-hybridized carbons (Fsp3) is 0.250. The van der Waals surface area contributed by atoms with Crippen molar-refractivity contribution in [1.82, 2.24) is 4.98 Å². The van der Waals surface area contributed by atoms with E-state index in [1.807, 2.05) is 45.0 Å². The van der Waals surface area contributed by atoms with Crippen LogP contribution in [0.15, 0.2) is 35.1 Å². The fourth-order valence-corrected chi connectivity index (χ4v) is 1.38. The summed E-state index contributed by atoms with van der Waals surface area (Å²) in [5, 5.41) is 1.11. The van der Waals surface area contributed by atoms with Gasteiger partial charge in [0.1, 0.15) is 0 Å². The van der Waals surface area contributed by atoms with E-state index >= 15 is 0 Å². The first-order valence-corrected chi connectivity index (χ1v) is 4.86. The number of H-pyrrole nitrogens is 1. The van der Waals surface area contributed by atoms with E-state index in [-0.39, 0.29) is 6.99 Å². The van der Waals surface area contributed by atoms with E-state index in [1.54, 1.807) is 6.07 Å². The van der Waals surface area contributed by atoms with Crippen LogP contribution in [0.1, 0.15) is 20.8 Å². The summed E-state index contributed by atoms with van der Waals surface area (Å²) in [6, 6.07) is 9.40. The lowest BCUT2D eigenvalue weighted by Crippen LogP contribution is -2.04. The Bertz CT molecular complexity index is 476. The van der Waals surface area contributed by atoms with Crippen LogP contribution >= 0.6 is 0 Å². The molecular weight excluding hydrogens is 174 g/mol. The maximum atomic E-state index is 11.0. The molecule has 0 spiro atoms. The molecular formula is C12H17NO. The summed E-state index contributed by atoms with van der Waals surface area (Å²) in [7, 11) is 0. The van der Waals surface area contributed by atoms with Gasteiger partial charge in [0.05, 0.1) is 0 Å². The number of fused-ring (bicyclic) bond motifs is 1. The molecule has 0 saturated carbocycles. The first-order chi connectivity index (χ1) is 6.77. The van der Waals surface area contributed by atoms with Crippen molar-refractivity contribution in [2.24, 2.45) is 0 Å². The van der Waals surface area contributed by atoms with Crippen LogP contribution in [0.25, 0.3) is 10.9 Å². The molecule has 14 heavy (non-hydrogen) atoms.